The minimum absolute atomic E-state index is 0.0197. The van der Waals surface area contributed by atoms with Crippen LogP contribution in [-0.4, -0.2) is 31.3 Å². The van der Waals surface area contributed by atoms with E-state index in [0.29, 0.717) is 18.4 Å². The zero-order valence-corrected chi connectivity index (χ0v) is 18.8. The Kier molecular flexibility index (Phi) is 8.17. The first kappa shape index (κ1) is 25.5. The lowest BCUT2D eigenvalue weighted by atomic mass is 10.1. The fourth-order valence-electron chi connectivity index (χ4n) is 3.07. The quantitative estimate of drug-likeness (QED) is 0.504. The van der Waals surface area contributed by atoms with Gasteiger partial charge in [-0.2, -0.15) is 13.2 Å². The summed E-state index contributed by atoms with van der Waals surface area (Å²) in [6, 6.07) is 7.83. The molecular weight excluding hydrogens is 447 g/mol. The molecule has 0 unspecified atom stereocenters. The highest BCUT2D eigenvalue weighted by Gasteiger charge is 2.34. The average Bonchev–Trinajstić information content (AvgIpc) is 2.70. The molecule has 0 atom stereocenters. The van der Waals surface area contributed by atoms with Gasteiger partial charge in [-0.15, -0.1) is 0 Å². The number of hydrogen-bond acceptors (Lipinski definition) is 4. The minimum Gasteiger partial charge on any atom is -0.487 e. The number of unbranched alkanes of at least 4 members (excludes halogenated alkanes) is 1. The molecular formula is C22H26F3NO5S. The minimum atomic E-state index is -4.64. The van der Waals surface area contributed by atoms with Gasteiger partial charge in [0.1, 0.15) is 12.4 Å². The van der Waals surface area contributed by atoms with Crippen molar-refractivity contribution in [2.75, 3.05) is 10.1 Å². The molecule has 0 heterocycles. The first-order valence-electron chi connectivity index (χ1n) is 10.0. The molecule has 0 bridgehead atoms. The van der Waals surface area contributed by atoms with Crippen LogP contribution in [0.1, 0.15) is 55.1 Å². The molecule has 1 N–H and O–H groups in total. The number of hydrogen-bond donors (Lipinski definition) is 1. The van der Waals surface area contributed by atoms with Crippen molar-refractivity contribution in [2.24, 2.45) is 0 Å². The molecule has 32 heavy (non-hydrogen) atoms. The number of carbonyl (C=O) groups is 1. The number of rotatable bonds is 10. The predicted octanol–water partition coefficient (Wildman–Crippen LogP) is 5.33. The van der Waals surface area contributed by atoms with Crippen LogP contribution in [0.15, 0.2) is 42.5 Å². The summed E-state index contributed by atoms with van der Waals surface area (Å²) in [6.45, 7) is 4.94. The Hall–Kier alpha value is -2.75. The van der Waals surface area contributed by atoms with E-state index in [1.165, 1.54) is 24.3 Å². The predicted molar refractivity (Wildman–Crippen MR) is 115 cm³/mol. The maximum atomic E-state index is 13.3. The van der Waals surface area contributed by atoms with Crippen molar-refractivity contribution in [1.29, 1.82) is 0 Å². The molecule has 0 aliphatic heterocycles. The third-order valence-corrected chi connectivity index (χ3v) is 6.67. The van der Waals surface area contributed by atoms with E-state index in [9.17, 15) is 26.4 Å². The Bertz CT molecular complexity index is 1030. The van der Waals surface area contributed by atoms with Crippen LogP contribution in [0.2, 0.25) is 0 Å². The van der Waals surface area contributed by atoms with Crippen LogP contribution < -0.4 is 9.04 Å². The molecule has 176 valence electrons. The first-order chi connectivity index (χ1) is 14.9. The molecule has 2 rings (SSSR count). The number of anilines is 1. The molecule has 0 saturated carbocycles. The highest BCUT2D eigenvalue weighted by Crippen LogP contribution is 2.39. The van der Waals surface area contributed by atoms with Crippen LogP contribution in [0.3, 0.4) is 0 Å². The van der Waals surface area contributed by atoms with E-state index in [4.69, 9.17) is 9.84 Å². The summed E-state index contributed by atoms with van der Waals surface area (Å²) in [4.78, 5) is 11.0. The third-order valence-electron chi connectivity index (χ3n) is 4.64. The van der Waals surface area contributed by atoms with Gasteiger partial charge in [-0.25, -0.2) is 13.2 Å². The summed E-state index contributed by atoms with van der Waals surface area (Å²) in [5.74, 6) is -1.47. The lowest BCUT2D eigenvalue weighted by Crippen LogP contribution is -2.39. The van der Waals surface area contributed by atoms with E-state index in [1.807, 2.05) is 6.92 Å². The maximum Gasteiger partial charge on any atom is 0.416 e. The molecule has 0 saturated heterocycles. The third kappa shape index (κ3) is 6.38. The Morgan fingerprint density at radius 1 is 1.12 bits per heavy atom. The molecule has 0 fully saturated rings. The maximum absolute atomic E-state index is 13.3. The van der Waals surface area contributed by atoms with E-state index in [0.717, 1.165) is 22.5 Å². The first-order valence-corrected chi connectivity index (χ1v) is 11.7. The number of carboxylic acids is 1. The van der Waals surface area contributed by atoms with Gasteiger partial charge in [-0.3, -0.25) is 4.31 Å². The van der Waals surface area contributed by atoms with Gasteiger partial charge in [0.15, 0.2) is 0 Å². The number of carboxylic acid groups (broad SMARTS) is 1. The number of ether oxygens (including phenoxy) is 1. The lowest BCUT2D eigenvalue weighted by molar-refractivity contribution is -0.137. The second-order valence-electron chi connectivity index (χ2n) is 7.53. The molecule has 0 amide bonds. The molecule has 10 heteroatoms. The van der Waals surface area contributed by atoms with Gasteiger partial charge in [0.25, 0.3) is 0 Å². The Labute approximate surface area is 185 Å². The number of nitrogens with zero attached hydrogens (tertiary/aromatic N) is 1. The lowest BCUT2D eigenvalue weighted by Gasteiger charge is -2.30. The molecule has 6 nitrogen and oxygen atoms in total. The van der Waals surface area contributed by atoms with Crippen LogP contribution in [0.25, 0.3) is 0 Å². The molecule has 0 radical (unpaired) electrons. The number of halogens is 3. The molecule has 0 aromatic heterocycles. The average molecular weight is 474 g/mol. The van der Waals surface area contributed by atoms with Gasteiger partial charge in [-0.05, 0) is 56.2 Å². The summed E-state index contributed by atoms with van der Waals surface area (Å²) < 4.78 is 72.5. The van der Waals surface area contributed by atoms with Crippen LogP contribution in [0.4, 0.5) is 18.9 Å². The van der Waals surface area contributed by atoms with Gasteiger partial charge in [0.2, 0.25) is 10.0 Å². The number of sulfonamides is 1. The van der Waals surface area contributed by atoms with Crippen LogP contribution in [-0.2, 0) is 22.8 Å². The van der Waals surface area contributed by atoms with Gasteiger partial charge < -0.3 is 9.84 Å². The summed E-state index contributed by atoms with van der Waals surface area (Å²) >= 11 is 0. The van der Waals surface area contributed by atoms with Crippen molar-refractivity contribution in [3.8, 4) is 5.75 Å². The normalized spacial score (nSPS) is 12.1. The van der Waals surface area contributed by atoms with Crippen molar-refractivity contribution in [3.63, 3.8) is 0 Å². The highest BCUT2D eigenvalue weighted by atomic mass is 32.2. The molecule has 0 aliphatic carbocycles. The van der Waals surface area contributed by atoms with Gasteiger partial charge in [-0.1, -0.05) is 25.5 Å². The monoisotopic (exact) mass is 473 g/mol. The summed E-state index contributed by atoms with van der Waals surface area (Å²) in [5, 5.41) is 8.98. The number of benzene rings is 2. The topological polar surface area (TPSA) is 83.9 Å². The van der Waals surface area contributed by atoms with Gasteiger partial charge >= 0.3 is 12.1 Å². The second kappa shape index (κ2) is 10.2. The Morgan fingerprint density at radius 2 is 1.75 bits per heavy atom. The van der Waals surface area contributed by atoms with E-state index in [-0.39, 0.29) is 29.4 Å². The smallest absolute Gasteiger partial charge is 0.416 e. The van der Waals surface area contributed by atoms with Crippen LogP contribution >= 0.6 is 0 Å². The summed E-state index contributed by atoms with van der Waals surface area (Å²) in [7, 11) is -3.80. The second-order valence-corrected chi connectivity index (χ2v) is 9.50. The SMILES string of the molecule is CCCCS(=O)(=O)N(c1ccc(C(F)(F)F)cc1OCc1ccc(C(=O)O)cc1)C(C)C. The van der Waals surface area contributed by atoms with Crippen molar-refractivity contribution in [2.45, 2.75) is 52.4 Å². The van der Waals surface area contributed by atoms with Crippen LogP contribution in [0.5, 0.6) is 5.75 Å². The Balaban J connectivity index is 2.46. The fraction of sp³-hybridized carbons (Fsp3) is 0.409. The van der Waals surface area contributed by atoms with E-state index in [1.54, 1.807) is 13.8 Å². The largest absolute Gasteiger partial charge is 0.487 e. The van der Waals surface area contributed by atoms with Crippen LogP contribution in [0, 0.1) is 0 Å². The van der Waals surface area contributed by atoms with Gasteiger partial charge in [0.05, 0.1) is 22.6 Å². The molecule has 0 spiro atoms. The van der Waals surface area contributed by atoms with E-state index >= 15 is 0 Å². The van der Waals surface area contributed by atoms with Crippen molar-refractivity contribution in [1.82, 2.24) is 0 Å². The highest BCUT2D eigenvalue weighted by molar-refractivity contribution is 7.92. The van der Waals surface area contributed by atoms with Crippen molar-refractivity contribution in [3.05, 3.63) is 59.2 Å². The van der Waals surface area contributed by atoms with E-state index in [2.05, 4.69) is 0 Å². The summed E-state index contributed by atoms with van der Waals surface area (Å²) in [6.07, 6.45) is -3.57. The fourth-order valence-corrected chi connectivity index (χ4v) is 5.01. The van der Waals surface area contributed by atoms with Gasteiger partial charge in [0, 0.05) is 6.04 Å². The summed E-state index contributed by atoms with van der Waals surface area (Å²) in [5.41, 5.74) is -0.372. The van der Waals surface area contributed by atoms with Crippen molar-refractivity contribution < 1.29 is 36.2 Å². The number of aromatic carboxylic acids is 1. The molecule has 2 aromatic carbocycles. The zero-order chi connectivity index (χ0) is 24.1. The standard InChI is InChI=1S/C22H26F3NO5S/c1-4-5-12-32(29,30)26(15(2)3)19-11-10-18(22(23,24)25)13-20(19)31-14-16-6-8-17(9-7-16)21(27)28/h6-11,13,15H,4-5,12,14H2,1-3H3,(H,27,28). The number of alkyl halides is 3. The molecule has 0 aliphatic rings. The van der Waals surface area contributed by atoms with E-state index < -0.39 is 33.8 Å². The van der Waals surface area contributed by atoms with Crippen molar-refractivity contribution >= 4 is 21.7 Å². The zero-order valence-electron chi connectivity index (χ0n) is 18.0. The molecule has 2 aromatic rings. The Morgan fingerprint density at radius 3 is 2.25 bits per heavy atom.